The van der Waals surface area contributed by atoms with Gasteiger partial charge in [0.25, 0.3) is 0 Å². The van der Waals surface area contributed by atoms with Gasteiger partial charge >= 0.3 is 0 Å². The van der Waals surface area contributed by atoms with Gasteiger partial charge in [0.15, 0.2) is 0 Å². The Balaban J connectivity index is 1.56. The van der Waals surface area contributed by atoms with Gasteiger partial charge < -0.3 is 0 Å². The first-order valence-electron chi connectivity index (χ1n) is 11.7. The van der Waals surface area contributed by atoms with Gasteiger partial charge in [-0.15, -0.1) is 34.0 Å². The number of hydrogen-bond acceptors (Lipinski definition) is 5. The predicted octanol–water partition coefficient (Wildman–Crippen LogP) is 9.39. The highest BCUT2D eigenvalue weighted by Gasteiger charge is 2.19. The molecule has 4 heterocycles. The van der Waals surface area contributed by atoms with Crippen LogP contribution < -0.4 is 0 Å². The molecule has 0 saturated carbocycles. The van der Waals surface area contributed by atoms with Gasteiger partial charge in [0.05, 0.1) is 9.75 Å². The van der Waals surface area contributed by atoms with Crippen LogP contribution in [-0.2, 0) is 12.8 Å². The minimum atomic E-state index is 1.06. The summed E-state index contributed by atoms with van der Waals surface area (Å²) in [6.07, 6.45) is 16.5. The van der Waals surface area contributed by atoms with Gasteiger partial charge in [-0.05, 0) is 59.7 Å². The Labute approximate surface area is 198 Å². The van der Waals surface area contributed by atoms with Crippen LogP contribution in [0.15, 0.2) is 35.3 Å². The summed E-state index contributed by atoms with van der Waals surface area (Å²) in [5.74, 6) is 0. The normalized spacial score (nSPS) is 11.5. The van der Waals surface area contributed by atoms with Crippen LogP contribution in [0.3, 0.4) is 0 Å². The van der Waals surface area contributed by atoms with E-state index >= 15 is 0 Å². The summed E-state index contributed by atoms with van der Waals surface area (Å²) >= 11 is 5.58. The lowest BCUT2D eigenvalue weighted by Crippen LogP contribution is -1.82. The summed E-state index contributed by atoms with van der Waals surface area (Å²) in [7, 11) is 0. The van der Waals surface area contributed by atoms with Crippen LogP contribution >= 0.6 is 34.0 Å². The maximum atomic E-state index is 4.74. The molecule has 4 rings (SSSR count). The summed E-state index contributed by atoms with van der Waals surface area (Å²) in [5.41, 5.74) is 5.04. The molecule has 0 unspecified atom stereocenters. The van der Waals surface area contributed by atoms with Gasteiger partial charge in [-0.3, -0.25) is 9.97 Å². The lowest BCUT2D eigenvalue weighted by Gasteiger charge is -1.97. The van der Waals surface area contributed by atoms with Crippen LogP contribution in [0.4, 0.5) is 0 Å². The van der Waals surface area contributed by atoms with Gasteiger partial charge in [0.2, 0.25) is 0 Å². The van der Waals surface area contributed by atoms with Crippen molar-refractivity contribution in [2.45, 2.75) is 78.1 Å². The Morgan fingerprint density at radius 1 is 0.645 bits per heavy atom. The van der Waals surface area contributed by atoms with Gasteiger partial charge in [0.1, 0.15) is 11.0 Å². The molecule has 0 radical (unpaired) electrons. The average Bonchev–Trinajstić information content (AvgIpc) is 3.52. The number of rotatable bonds is 12. The summed E-state index contributed by atoms with van der Waals surface area (Å²) in [5, 5.41) is 4.67. The van der Waals surface area contributed by atoms with Crippen LogP contribution in [0.5, 0.6) is 0 Å². The fourth-order valence-electron chi connectivity index (χ4n) is 3.97. The van der Waals surface area contributed by atoms with E-state index in [-0.39, 0.29) is 0 Å². The number of fused-ring (bicyclic) bond motifs is 1. The van der Waals surface area contributed by atoms with Crippen molar-refractivity contribution in [3.05, 3.63) is 46.4 Å². The minimum Gasteiger partial charge on any atom is -0.251 e. The van der Waals surface area contributed by atoms with E-state index in [1.807, 2.05) is 46.4 Å². The zero-order valence-corrected chi connectivity index (χ0v) is 21.1. The van der Waals surface area contributed by atoms with E-state index in [2.05, 4.69) is 36.7 Å². The minimum absolute atomic E-state index is 1.06. The van der Waals surface area contributed by atoms with Gasteiger partial charge in [-0.2, -0.15) is 0 Å². The Bertz CT molecular complexity index is 1000. The first-order chi connectivity index (χ1) is 15.3. The topological polar surface area (TPSA) is 25.8 Å². The van der Waals surface area contributed by atoms with Crippen LogP contribution in [0.1, 0.15) is 76.3 Å². The molecule has 4 aromatic heterocycles. The summed E-state index contributed by atoms with van der Waals surface area (Å²) in [4.78, 5) is 14.7. The molecule has 0 bridgehead atoms. The highest BCUT2D eigenvalue weighted by Crippen LogP contribution is 2.45. The molecule has 5 heteroatoms. The summed E-state index contributed by atoms with van der Waals surface area (Å²) in [6, 6.07) is 4.77. The van der Waals surface area contributed by atoms with Crippen molar-refractivity contribution in [3.63, 3.8) is 0 Å². The van der Waals surface area contributed by atoms with E-state index in [1.165, 1.54) is 94.8 Å². The van der Waals surface area contributed by atoms with Crippen LogP contribution in [0.25, 0.3) is 30.5 Å². The Morgan fingerprint density at radius 3 is 1.58 bits per heavy atom. The molecule has 0 aliphatic rings. The summed E-state index contributed by atoms with van der Waals surface area (Å²) in [6.45, 7) is 4.54. The largest absolute Gasteiger partial charge is 0.251 e. The molecule has 0 aliphatic carbocycles. The molecule has 2 nitrogen and oxygen atoms in total. The quantitative estimate of drug-likeness (QED) is 0.193. The van der Waals surface area contributed by atoms with Crippen LogP contribution in [-0.4, -0.2) is 9.97 Å². The molecule has 0 fully saturated rings. The van der Waals surface area contributed by atoms with Crippen molar-refractivity contribution in [1.82, 2.24) is 9.97 Å². The Kier molecular flexibility index (Phi) is 8.28. The second kappa shape index (κ2) is 11.3. The van der Waals surface area contributed by atoms with Crippen molar-refractivity contribution < 1.29 is 0 Å². The van der Waals surface area contributed by atoms with Crippen molar-refractivity contribution in [2.75, 3.05) is 0 Å². The number of aryl methyl sites for hydroxylation is 2. The number of aromatic nitrogens is 2. The highest BCUT2D eigenvalue weighted by molar-refractivity contribution is 7.27. The zero-order valence-electron chi connectivity index (χ0n) is 18.7. The van der Waals surface area contributed by atoms with Crippen LogP contribution in [0.2, 0.25) is 0 Å². The molecule has 0 aromatic carbocycles. The predicted molar refractivity (Wildman–Crippen MR) is 140 cm³/mol. The molecule has 4 aromatic rings. The van der Waals surface area contributed by atoms with E-state index in [4.69, 9.17) is 9.97 Å². The molecular weight excluding hydrogens is 437 g/mol. The number of unbranched alkanes of at least 4 members (excludes halogenated alkanes) is 6. The van der Waals surface area contributed by atoms with Crippen molar-refractivity contribution in [1.29, 1.82) is 0 Å². The third kappa shape index (κ3) is 5.63. The number of hydrogen-bond donors (Lipinski definition) is 0. The zero-order chi connectivity index (χ0) is 21.5. The summed E-state index contributed by atoms with van der Waals surface area (Å²) < 4.78 is 0. The smallest absolute Gasteiger partial charge is 0.109 e. The Morgan fingerprint density at radius 2 is 1.13 bits per heavy atom. The van der Waals surface area contributed by atoms with E-state index < -0.39 is 0 Å². The molecule has 0 N–H and O–H groups in total. The first-order valence-corrected chi connectivity index (χ1v) is 14.3. The van der Waals surface area contributed by atoms with Crippen molar-refractivity contribution >= 4 is 45.0 Å². The van der Waals surface area contributed by atoms with E-state index in [9.17, 15) is 0 Å². The lowest BCUT2D eigenvalue weighted by molar-refractivity contribution is 0.667. The monoisotopic (exact) mass is 468 g/mol. The molecule has 0 saturated heterocycles. The van der Waals surface area contributed by atoms with Gasteiger partial charge in [-0.25, -0.2) is 0 Å². The van der Waals surface area contributed by atoms with E-state index in [0.717, 1.165) is 11.0 Å². The lowest BCUT2D eigenvalue weighted by atomic mass is 10.1. The fraction of sp³-hybridized carbons (Fsp3) is 0.462. The number of nitrogens with zero attached hydrogens (tertiary/aromatic N) is 2. The molecule has 0 aliphatic heterocycles. The maximum Gasteiger partial charge on any atom is 0.109 e. The molecule has 0 amide bonds. The van der Waals surface area contributed by atoms with E-state index in [1.54, 1.807) is 0 Å². The molecule has 31 heavy (non-hydrogen) atoms. The first kappa shape index (κ1) is 22.6. The molecule has 164 valence electrons. The Hall–Kier alpha value is -1.56. The maximum absolute atomic E-state index is 4.74. The van der Waals surface area contributed by atoms with E-state index in [0.29, 0.717) is 0 Å². The average molecular weight is 469 g/mol. The van der Waals surface area contributed by atoms with Crippen molar-refractivity contribution in [3.8, 4) is 19.5 Å². The number of thiophene rings is 3. The SMILES string of the molecule is CCCCCCc1csc(-c2sc(-c3cc(CCCCCC)cs3)c3nccnc23)c1. The van der Waals surface area contributed by atoms with Gasteiger partial charge in [-0.1, -0.05) is 52.4 Å². The van der Waals surface area contributed by atoms with Crippen molar-refractivity contribution in [2.24, 2.45) is 0 Å². The standard InChI is InChI=1S/C26H32N2S3/c1-3-5-7-9-11-19-15-21(29-17-19)25-23-24(28-14-13-27-23)26(31-25)22-16-20(18-30-22)12-10-8-6-4-2/h13-18H,3-12H2,1-2H3. The fourth-order valence-corrected chi connectivity index (χ4v) is 7.30. The second-order valence-electron chi connectivity index (χ2n) is 8.27. The molecule has 0 atom stereocenters. The highest BCUT2D eigenvalue weighted by atomic mass is 32.1. The molecule has 0 spiro atoms. The third-order valence-corrected chi connectivity index (χ3v) is 9.21. The third-order valence-electron chi connectivity index (χ3n) is 5.73. The second-order valence-corrected chi connectivity index (χ2v) is 11.1. The molecular formula is C26H32N2S3. The van der Waals surface area contributed by atoms with Crippen LogP contribution in [0, 0.1) is 0 Å². The van der Waals surface area contributed by atoms with Gasteiger partial charge in [0, 0.05) is 22.1 Å².